The molecule has 1 N–H and O–H groups in total. The summed E-state index contributed by atoms with van der Waals surface area (Å²) in [7, 11) is -1.77. The summed E-state index contributed by atoms with van der Waals surface area (Å²) in [5, 5.41) is 0. The van der Waals surface area contributed by atoms with Crippen LogP contribution in [-0.2, 0) is 14.8 Å². The maximum absolute atomic E-state index is 12.4. The Morgan fingerprint density at radius 1 is 1.20 bits per heavy atom. The predicted molar refractivity (Wildman–Crippen MR) is 99.9 cm³/mol. The summed E-state index contributed by atoms with van der Waals surface area (Å²) in [6, 6.07) is 5.35. The fraction of sp³-hybridized carbons (Fsp3) is 0.632. The number of benzene rings is 1. The van der Waals surface area contributed by atoms with Gasteiger partial charge in [0.25, 0.3) is 0 Å². The molecule has 1 fully saturated rings. The minimum absolute atomic E-state index is 0.00534. The van der Waals surface area contributed by atoms with Gasteiger partial charge in [0.1, 0.15) is 0 Å². The Bertz CT molecular complexity index is 695. The number of aryl methyl sites for hydroxylation is 2. The second-order valence-electron chi connectivity index (χ2n) is 7.20. The highest BCUT2D eigenvalue weighted by atomic mass is 32.2. The average molecular weight is 367 g/mol. The van der Waals surface area contributed by atoms with Gasteiger partial charge in [-0.15, -0.1) is 0 Å². The molecule has 0 heterocycles. The van der Waals surface area contributed by atoms with Crippen LogP contribution in [0.15, 0.2) is 23.1 Å². The standard InChI is InChI=1S/C19H30N2O3S/c1-15-9-10-16(2)18(13-15)25(23,24)20-12-11-19(22)21(3)14-17-7-5-4-6-8-17/h9-10,13,17,20H,4-8,11-12,14H2,1-3H3. The molecule has 6 heteroatoms. The van der Waals surface area contributed by atoms with Crippen molar-refractivity contribution in [2.75, 3.05) is 20.1 Å². The van der Waals surface area contributed by atoms with Gasteiger partial charge in [0, 0.05) is 26.6 Å². The zero-order valence-electron chi connectivity index (χ0n) is 15.5. The summed E-state index contributed by atoms with van der Waals surface area (Å²) in [5.74, 6) is 0.587. The molecule has 1 aliphatic carbocycles. The number of carbonyl (C=O) groups is 1. The molecule has 2 rings (SSSR count). The number of sulfonamides is 1. The molecule has 5 nitrogen and oxygen atoms in total. The first-order valence-corrected chi connectivity index (χ1v) is 10.6. The van der Waals surface area contributed by atoms with E-state index in [1.165, 1.54) is 32.1 Å². The van der Waals surface area contributed by atoms with E-state index in [0.717, 1.165) is 12.1 Å². The van der Waals surface area contributed by atoms with Crippen LogP contribution in [0, 0.1) is 19.8 Å². The Morgan fingerprint density at radius 2 is 1.88 bits per heavy atom. The van der Waals surface area contributed by atoms with E-state index in [1.807, 2.05) is 20.0 Å². The van der Waals surface area contributed by atoms with E-state index in [4.69, 9.17) is 0 Å². The van der Waals surface area contributed by atoms with Gasteiger partial charge in [0.05, 0.1) is 4.90 Å². The minimum atomic E-state index is -3.58. The number of nitrogens with one attached hydrogen (secondary N) is 1. The lowest BCUT2D eigenvalue weighted by molar-refractivity contribution is -0.130. The fourth-order valence-corrected chi connectivity index (χ4v) is 4.78. The van der Waals surface area contributed by atoms with Crippen molar-refractivity contribution in [3.63, 3.8) is 0 Å². The van der Waals surface area contributed by atoms with E-state index in [9.17, 15) is 13.2 Å². The summed E-state index contributed by atoms with van der Waals surface area (Å²) in [5.41, 5.74) is 1.60. The second kappa shape index (κ2) is 8.81. The van der Waals surface area contributed by atoms with E-state index >= 15 is 0 Å². The van der Waals surface area contributed by atoms with Crippen molar-refractivity contribution in [1.82, 2.24) is 9.62 Å². The molecule has 140 valence electrons. The Kier molecular flexibility index (Phi) is 7.02. The lowest BCUT2D eigenvalue weighted by Gasteiger charge is -2.27. The van der Waals surface area contributed by atoms with E-state index < -0.39 is 10.0 Å². The van der Waals surface area contributed by atoms with Gasteiger partial charge in [-0.2, -0.15) is 0 Å². The van der Waals surface area contributed by atoms with E-state index in [2.05, 4.69) is 4.72 Å². The molecule has 1 aliphatic rings. The van der Waals surface area contributed by atoms with Gasteiger partial charge < -0.3 is 4.90 Å². The molecule has 0 radical (unpaired) electrons. The maximum atomic E-state index is 12.4. The largest absolute Gasteiger partial charge is 0.345 e. The third-order valence-corrected chi connectivity index (χ3v) is 6.55. The quantitative estimate of drug-likeness (QED) is 0.807. The number of nitrogens with zero attached hydrogens (tertiary/aromatic N) is 1. The van der Waals surface area contributed by atoms with Crippen LogP contribution in [0.2, 0.25) is 0 Å². The molecular weight excluding hydrogens is 336 g/mol. The van der Waals surface area contributed by atoms with Crippen LogP contribution in [0.25, 0.3) is 0 Å². The van der Waals surface area contributed by atoms with Crippen LogP contribution in [0.4, 0.5) is 0 Å². The number of hydrogen-bond donors (Lipinski definition) is 1. The number of amides is 1. The normalized spacial score (nSPS) is 16.0. The second-order valence-corrected chi connectivity index (χ2v) is 8.93. The van der Waals surface area contributed by atoms with Gasteiger partial charge >= 0.3 is 0 Å². The van der Waals surface area contributed by atoms with Gasteiger partial charge in [0.2, 0.25) is 15.9 Å². The summed E-state index contributed by atoms with van der Waals surface area (Å²) >= 11 is 0. The molecule has 1 saturated carbocycles. The molecule has 0 saturated heterocycles. The van der Waals surface area contributed by atoms with Crippen molar-refractivity contribution in [1.29, 1.82) is 0 Å². The smallest absolute Gasteiger partial charge is 0.240 e. The van der Waals surface area contributed by atoms with Crippen LogP contribution in [0.1, 0.15) is 49.7 Å². The van der Waals surface area contributed by atoms with Crippen LogP contribution in [0.5, 0.6) is 0 Å². The van der Waals surface area contributed by atoms with Crippen molar-refractivity contribution in [3.05, 3.63) is 29.3 Å². The van der Waals surface area contributed by atoms with Gasteiger partial charge in [-0.05, 0) is 49.8 Å². The zero-order chi connectivity index (χ0) is 18.4. The average Bonchev–Trinajstić information content (AvgIpc) is 2.57. The summed E-state index contributed by atoms with van der Waals surface area (Å²) in [6.07, 6.45) is 6.38. The van der Waals surface area contributed by atoms with Crippen LogP contribution in [0.3, 0.4) is 0 Å². The number of hydrogen-bond acceptors (Lipinski definition) is 3. The van der Waals surface area contributed by atoms with Crippen molar-refractivity contribution in [3.8, 4) is 0 Å². The van der Waals surface area contributed by atoms with Crippen LogP contribution in [-0.4, -0.2) is 39.4 Å². The molecule has 1 aromatic rings. The first kappa shape index (κ1) is 19.9. The first-order valence-electron chi connectivity index (χ1n) is 9.10. The van der Waals surface area contributed by atoms with E-state index in [-0.39, 0.29) is 23.8 Å². The maximum Gasteiger partial charge on any atom is 0.240 e. The van der Waals surface area contributed by atoms with E-state index in [0.29, 0.717) is 11.5 Å². The molecular formula is C19H30N2O3S. The molecule has 0 aromatic heterocycles. The topological polar surface area (TPSA) is 66.5 Å². The van der Waals surface area contributed by atoms with Crippen LogP contribution < -0.4 is 4.72 Å². The van der Waals surface area contributed by atoms with Crippen molar-refractivity contribution >= 4 is 15.9 Å². The first-order chi connectivity index (χ1) is 11.8. The van der Waals surface area contributed by atoms with Gasteiger partial charge in [-0.25, -0.2) is 13.1 Å². The van der Waals surface area contributed by atoms with Crippen molar-refractivity contribution < 1.29 is 13.2 Å². The highest BCUT2D eigenvalue weighted by Gasteiger charge is 2.20. The highest BCUT2D eigenvalue weighted by molar-refractivity contribution is 7.89. The third-order valence-electron chi connectivity index (χ3n) is 4.95. The third kappa shape index (κ3) is 5.82. The Labute approximate surface area is 151 Å². The Balaban J connectivity index is 1.84. The molecule has 0 bridgehead atoms. The van der Waals surface area contributed by atoms with Crippen LogP contribution >= 0.6 is 0 Å². The van der Waals surface area contributed by atoms with Gasteiger partial charge in [-0.1, -0.05) is 31.4 Å². The minimum Gasteiger partial charge on any atom is -0.345 e. The zero-order valence-corrected chi connectivity index (χ0v) is 16.4. The lowest BCUT2D eigenvalue weighted by Crippen LogP contribution is -2.35. The molecule has 1 amide bonds. The highest BCUT2D eigenvalue weighted by Crippen LogP contribution is 2.24. The Morgan fingerprint density at radius 3 is 2.56 bits per heavy atom. The monoisotopic (exact) mass is 366 g/mol. The summed E-state index contributed by atoms with van der Waals surface area (Å²) in [4.78, 5) is 14.3. The summed E-state index contributed by atoms with van der Waals surface area (Å²) < 4.78 is 27.4. The fourth-order valence-electron chi connectivity index (χ4n) is 3.42. The number of rotatable bonds is 7. The SMILES string of the molecule is Cc1ccc(C)c(S(=O)(=O)NCCC(=O)N(C)CC2CCCCC2)c1. The molecule has 0 atom stereocenters. The lowest BCUT2D eigenvalue weighted by atomic mass is 9.89. The summed E-state index contributed by atoms with van der Waals surface area (Å²) in [6.45, 7) is 4.55. The van der Waals surface area contributed by atoms with Crippen molar-refractivity contribution in [2.24, 2.45) is 5.92 Å². The van der Waals surface area contributed by atoms with Gasteiger partial charge in [0.15, 0.2) is 0 Å². The van der Waals surface area contributed by atoms with E-state index in [1.54, 1.807) is 24.0 Å². The van der Waals surface area contributed by atoms with Crippen molar-refractivity contribution in [2.45, 2.75) is 57.3 Å². The molecule has 1 aromatic carbocycles. The predicted octanol–water partition coefficient (Wildman–Crippen LogP) is 3.01. The number of carbonyl (C=O) groups excluding carboxylic acids is 1. The molecule has 0 spiro atoms. The Hall–Kier alpha value is -1.40. The van der Waals surface area contributed by atoms with Gasteiger partial charge in [-0.3, -0.25) is 4.79 Å². The molecule has 25 heavy (non-hydrogen) atoms. The molecule has 0 aliphatic heterocycles. The molecule has 0 unspecified atom stereocenters.